The molecule has 0 radical (unpaired) electrons. The van der Waals surface area contributed by atoms with Crippen LogP contribution in [0.4, 0.5) is 4.39 Å². The molecule has 6 heteroatoms. The van der Waals surface area contributed by atoms with Gasteiger partial charge >= 0.3 is 0 Å². The first-order valence-corrected chi connectivity index (χ1v) is 7.35. The summed E-state index contributed by atoms with van der Waals surface area (Å²) in [6.45, 7) is 0. The summed E-state index contributed by atoms with van der Waals surface area (Å²) in [5.41, 5.74) is 3.57. The van der Waals surface area contributed by atoms with Gasteiger partial charge < -0.3 is 4.74 Å². The maximum Gasteiger partial charge on any atom is 0.128 e. The number of halogens is 1. The Balaban J connectivity index is 2.04. The van der Waals surface area contributed by atoms with Crippen LogP contribution >= 0.6 is 0 Å². The van der Waals surface area contributed by atoms with Gasteiger partial charge in [0, 0.05) is 29.7 Å². The molecule has 0 unspecified atom stereocenters. The fourth-order valence-corrected chi connectivity index (χ4v) is 2.75. The van der Waals surface area contributed by atoms with Crippen molar-refractivity contribution in [2.75, 3.05) is 7.11 Å². The molecule has 0 amide bonds. The van der Waals surface area contributed by atoms with Crippen LogP contribution in [0.3, 0.4) is 0 Å². The monoisotopic (exact) mass is 320 g/mol. The van der Waals surface area contributed by atoms with E-state index in [9.17, 15) is 4.39 Å². The molecule has 0 aliphatic heterocycles. The Morgan fingerprint density at radius 1 is 1.08 bits per heavy atom. The number of fused-ring (bicyclic) bond motifs is 1. The third-order valence-corrected chi connectivity index (χ3v) is 3.83. The zero-order valence-corrected chi connectivity index (χ0v) is 12.8. The van der Waals surface area contributed by atoms with E-state index in [-0.39, 0.29) is 5.82 Å². The van der Waals surface area contributed by atoms with E-state index in [2.05, 4.69) is 20.2 Å². The van der Waals surface area contributed by atoms with Crippen LogP contribution in [-0.2, 0) is 0 Å². The number of hydrogen-bond acceptors (Lipinski definition) is 4. The van der Waals surface area contributed by atoms with Crippen LogP contribution in [0.25, 0.3) is 33.4 Å². The molecule has 0 bridgehead atoms. The summed E-state index contributed by atoms with van der Waals surface area (Å²) in [5.74, 6) is 0.200. The van der Waals surface area contributed by atoms with E-state index in [1.807, 2.05) is 18.2 Å². The van der Waals surface area contributed by atoms with Crippen molar-refractivity contribution < 1.29 is 9.13 Å². The normalized spacial score (nSPS) is 10.9. The Morgan fingerprint density at radius 3 is 2.79 bits per heavy atom. The van der Waals surface area contributed by atoms with Gasteiger partial charge in [0.05, 0.1) is 23.7 Å². The minimum atomic E-state index is -0.351. The molecule has 5 nitrogen and oxygen atoms in total. The summed E-state index contributed by atoms with van der Waals surface area (Å²) in [6.07, 6.45) is 5.09. The van der Waals surface area contributed by atoms with Crippen LogP contribution in [0.15, 0.2) is 55.0 Å². The molecular weight excluding hydrogens is 307 g/mol. The van der Waals surface area contributed by atoms with Crippen LogP contribution in [-0.4, -0.2) is 27.3 Å². The molecule has 0 aliphatic carbocycles. The lowest BCUT2D eigenvalue weighted by atomic mass is 10.0. The van der Waals surface area contributed by atoms with Gasteiger partial charge in [0.2, 0.25) is 0 Å². The molecule has 4 rings (SSSR count). The SMILES string of the molecule is COc1ccc(F)cc1-c1nccc2[nH]nc(-c3cccnc3)c12. The van der Waals surface area contributed by atoms with Gasteiger partial charge in [0.1, 0.15) is 17.3 Å². The maximum absolute atomic E-state index is 13.8. The summed E-state index contributed by atoms with van der Waals surface area (Å²) in [6, 6.07) is 9.96. The predicted octanol–water partition coefficient (Wildman–Crippen LogP) is 3.83. The summed E-state index contributed by atoms with van der Waals surface area (Å²) >= 11 is 0. The molecule has 0 saturated carbocycles. The third-order valence-electron chi connectivity index (χ3n) is 3.83. The largest absolute Gasteiger partial charge is 0.496 e. The minimum Gasteiger partial charge on any atom is -0.496 e. The van der Waals surface area contributed by atoms with E-state index in [0.717, 1.165) is 16.5 Å². The lowest BCUT2D eigenvalue weighted by Crippen LogP contribution is -1.93. The van der Waals surface area contributed by atoms with Crippen LogP contribution in [0.1, 0.15) is 0 Å². The van der Waals surface area contributed by atoms with Crippen molar-refractivity contribution in [3.05, 3.63) is 60.8 Å². The van der Waals surface area contributed by atoms with Gasteiger partial charge in [-0.15, -0.1) is 0 Å². The van der Waals surface area contributed by atoms with Gasteiger partial charge in [-0.3, -0.25) is 15.1 Å². The quantitative estimate of drug-likeness (QED) is 0.623. The van der Waals surface area contributed by atoms with Gasteiger partial charge in [0.15, 0.2) is 0 Å². The number of hydrogen-bond donors (Lipinski definition) is 1. The van der Waals surface area contributed by atoms with Crippen molar-refractivity contribution in [3.63, 3.8) is 0 Å². The van der Waals surface area contributed by atoms with Crippen molar-refractivity contribution in [2.24, 2.45) is 0 Å². The first kappa shape index (κ1) is 14.3. The highest BCUT2D eigenvalue weighted by Crippen LogP contribution is 2.37. The second kappa shape index (κ2) is 5.73. The van der Waals surface area contributed by atoms with E-state index < -0.39 is 0 Å². The number of aromatic amines is 1. The van der Waals surface area contributed by atoms with Crippen molar-refractivity contribution in [1.82, 2.24) is 20.2 Å². The smallest absolute Gasteiger partial charge is 0.128 e. The Kier molecular flexibility index (Phi) is 3.42. The first-order valence-electron chi connectivity index (χ1n) is 7.35. The Labute approximate surface area is 137 Å². The lowest BCUT2D eigenvalue weighted by Gasteiger charge is -2.09. The molecule has 0 atom stereocenters. The fraction of sp³-hybridized carbons (Fsp3) is 0.0556. The second-order valence-corrected chi connectivity index (χ2v) is 5.24. The second-order valence-electron chi connectivity index (χ2n) is 5.24. The summed E-state index contributed by atoms with van der Waals surface area (Å²) in [5, 5.41) is 8.19. The maximum atomic E-state index is 13.8. The third kappa shape index (κ3) is 2.28. The Bertz CT molecular complexity index is 1010. The van der Waals surface area contributed by atoms with Gasteiger partial charge in [-0.05, 0) is 36.4 Å². The molecule has 0 saturated heterocycles. The molecule has 3 aromatic heterocycles. The van der Waals surface area contributed by atoms with Crippen LogP contribution in [0.2, 0.25) is 0 Å². The van der Waals surface area contributed by atoms with Gasteiger partial charge in [0.25, 0.3) is 0 Å². The molecule has 0 spiro atoms. The number of pyridine rings is 2. The van der Waals surface area contributed by atoms with Crippen molar-refractivity contribution >= 4 is 10.9 Å². The summed E-state index contributed by atoms with van der Waals surface area (Å²) in [4.78, 5) is 8.60. The Hall–Kier alpha value is -3.28. The summed E-state index contributed by atoms with van der Waals surface area (Å²) < 4.78 is 19.2. The number of methoxy groups -OCH3 is 1. The van der Waals surface area contributed by atoms with E-state index in [0.29, 0.717) is 22.7 Å². The zero-order valence-electron chi connectivity index (χ0n) is 12.8. The van der Waals surface area contributed by atoms with Gasteiger partial charge in [-0.25, -0.2) is 4.39 Å². The molecule has 118 valence electrons. The fourth-order valence-electron chi connectivity index (χ4n) is 2.75. The van der Waals surface area contributed by atoms with E-state index >= 15 is 0 Å². The van der Waals surface area contributed by atoms with E-state index in [1.54, 1.807) is 31.8 Å². The molecule has 1 aromatic carbocycles. The van der Waals surface area contributed by atoms with Gasteiger partial charge in [-0.2, -0.15) is 5.10 Å². The predicted molar refractivity (Wildman–Crippen MR) is 89.1 cm³/mol. The number of nitrogens with one attached hydrogen (secondary N) is 1. The molecule has 1 N–H and O–H groups in total. The molecule has 4 aromatic rings. The van der Waals surface area contributed by atoms with E-state index in [4.69, 9.17) is 4.74 Å². The highest BCUT2D eigenvalue weighted by Gasteiger charge is 2.18. The van der Waals surface area contributed by atoms with Crippen LogP contribution in [0, 0.1) is 5.82 Å². The average Bonchev–Trinajstić information content (AvgIpc) is 3.06. The number of aromatic nitrogens is 4. The van der Waals surface area contributed by atoms with Crippen molar-refractivity contribution in [3.8, 4) is 28.3 Å². The van der Waals surface area contributed by atoms with Gasteiger partial charge in [-0.1, -0.05) is 0 Å². The molecule has 0 aliphatic rings. The Morgan fingerprint density at radius 2 is 2.00 bits per heavy atom. The number of nitrogens with zero attached hydrogens (tertiary/aromatic N) is 3. The number of H-pyrrole nitrogens is 1. The lowest BCUT2D eigenvalue weighted by molar-refractivity contribution is 0.415. The number of benzene rings is 1. The minimum absolute atomic E-state index is 0.351. The van der Waals surface area contributed by atoms with Crippen LogP contribution in [0.5, 0.6) is 5.75 Å². The summed E-state index contributed by atoms with van der Waals surface area (Å²) in [7, 11) is 1.55. The van der Waals surface area contributed by atoms with Crippen molar-refractivity contribution in [1.29, 1.82) is 0 Å². The standard InChI is InChI=1S/C18H13FN4O/c1-24-15-5-4-12(19)9-13(15)18-16-14(6-8-21-18)22-23-17(16)11-3-2-7-20-10-11/h2-10H,1H3,(H,22,23). The molecule has 0 fully saturated rings. The number of ether oxygens (including phenoxy) is 1. The van der Waals surface area contributed by atoms with E-state index in [1.165, 1.54) is 12.1 Å². The zero-order chi connectivity index (χ0) is 16.5. The molecule has 3 heterocycles. The molecular formula is C18H13FN4O. The topological polar surface area (TPSA) is 63.7 Å². The number of rotatable bonds is 3. The van der Waals surface area contributed by atoms with Crippen LogP contribution < -0.4 is 4.74 Å². The van der Waals surface area contributed by atoms with Crippen molar-refractivity contribution in [2.45, 2.75) is 0 Å². The average molecular weight is 320 g/mol. The highest BCUT2D eigenvalue weighted by atomic mass is 19.1. The first-order chi connectivity index (χ1) is 11.8. The molecule has 24 heavy (non-hydrogen) atoms. The highest BCUT2D eigenvalue weighted by molar-refractivity contribution is 6.02.